The van der Waals surface area contributed by atoms with Gasteiger partial charge in [-0.05, 0) is 32.5 Å². The van der Waals surface area contributed by atoms with Gasteiger partial charge in [-0.3, -0.25) is 0 Å². The SMILES string of the molecule is CNC(c1cccc(C)c1)c1ccnc(C)n1. The van der Waals surface area contributed by atoms with Crippen molar-refractivity contribution in [2.75, 3.05) is 7.05 Å². The molecule has 3 heteroatoms. The van der Waals surface area contributed by atoms with Gasteiger partial charge in [0.25, 0.3) is 0 Å². The molecule has 0 amide bonds. The first-order valence-electron chi connectivity index (χ1n) is 5.74. The second-order valence-electron chi connectivity index (χ2n) is 4.16. The van der Waals surface area contributed by atoms with Crippen molar-refractivity contribution >= 4 is 0 Å². The molecule has 1 unspecified atom stereocenters. The number of aromatic nitrogens is 2. The van der Waals surface area contributed by atoms with E-state index >= 15 is 0 Å². The van der Waals surface area contributed by atoms with Gasteiger partial charge in [0.05, 0.1) is 11.7 Å². The van der Waals surface area contributed by atoms with E-state index < -0.39 is 0 Å². The summed E-state index contributed by atoms with van der Waals surface area (Å²) in [7, 11) is 1.95. The Bertz CT molecular complexity index is 463. The van der Waals surface area contributed by atoms with E-state index in [1.54, 1.807) is 6.20 Å². The van der Waals surface area contributed by atoms with Gasteiger partial charge in [-0.15, -0.1) is 0 Å². The van der Waals surface area contributed by atoms with Crippen molar-refractivity contribution in [3.8, 4) is 0 Å². The minimum Gasteiger partial charge on any atom is -0.308 e. The van der Waals surface area contributed by atoms with Crippen molar-refractivity contribution in [1.82, 2.24) is 15.3 Å². The number of rotatable bonds is 3. The Morgan fingerprint density at radius 1 is 1.18 bits per heavy atom. The van der Waals surface area contributed by atoms with Crippen LogP contribution in [0.1, 0.15) is 28.7 Å². The zero-order valence-electron chi connectivity index (χ0n) is 10.4. The van der Waals surface area contributed by atoms with Crippen molar-refractivity contribution in [2.45, 2.75) is 19.9 Å². The van der Waals surface area contributed by atoms with Gasteiger partial charge in [-0.1, -0.05) is 29.8 Å². The topological polar surface area (TPSA) is 37.8 Å². The lowest BCUT2D eigenvalue weighted by Gasteiger charge is -2.16. The van der Waals surface area contributed by atoms with Gasteiger partial charge in [-0.25, -0.2) is 9.97 Å². The summed E-state index contributed by atoms with van der Waals surface area (Å²) in [5.74, 6) is 0.801. The third-order valence-electron chi connectivity index (χ3n) is 2.76. The van der Waals surface area contributed by atoms with E-state index in [0.717, 1.165) is 11.5 Å². The zero-order valence-corrected chi connectivity index (χ0v) is 10.4. The minimum absolute atomic E-state index is 0.122. The molecule has 2 aromatic rings. The summed E-state index contributed by atoms with van der Waals surface area (Å²) in [4.78, 5) is 8.61. The standard InChI is InChI=1S/C14H17N3/c1-10-5-4-6-12(9-10)14(15-3)13-7-8-16-11(2)17-13/h4-9,14-15H,1-3H3. The molecule has 0 radical (unpaired) electrons. The number of benzene rings is 1. The molecule has 1 aromatic carbocycles. The zero-order chi connectivity index (χ0) is 12.3. The van der Waals surface area contributed by atoms with E-state index in [4.69, 9.17) is 0 Å². The van der Waals surface area contributed by atoms with Crippen LogP contribution in [0, 0.1) is 13.8 Å². The van der Waals surface area contributed by atoms with Crippen molar-refractivity contribution in [2.24, 2.45) is 0 Å². The van der Waals surface area contributed by atoms with Crippen LogP contribution in [0.5, 0.6) is 0 Å². The summed E-state index contributed by atoms with van der Waals surface area (Å²) in [6.45, 7) is 4.01. The summed E-state index contributed by atoms with van der Waals surface area (Å²) in [5, 5.41) is 3.30. The predicted octanol–water partition coefficient (Wildman–Crippen LogP) is 2.40. The lowest BCUT2D eigenvalue weighted by molar-refractivity contribution is 0.664. The summed E-state index contributed by atoms with van der Waals surface area (Å²) in [6.07, 6.45) is 1.80. The van der Waals surface area contributed by atoms with E-state index in [9.17, 15) is 0 Å². The second-order valence-corrected chi connectivity index (χ2v) is 4.16. The molecule has 1 heterocycles. The molecule has 1 aromatic heterocycles. The van der Waals surface area contributed by atoms with E-state index in [0.29, 0.717) is 0 Å². The Balaban J connectivity index is 2.40. The van der Waals surface area contributed by atoms with Gasteiger partial charge in [0.2, 0.25) is 0 Å². The first kappa shape index (κ1) is 11.7. The minimum atomic E-state index is 0.122. The molecule has 0 saturated heterocycles. The van der Waals surface area contributed by atoms with E-state index in [1.165, 1.54) is 11.1 Å². The smallest absolute Gasteiger partial charge is 0.125 e. The largest absolute Gasteiger partial charge is 0.308 e. The molecule has 0 aliphatic carbocycles. The van der Waals surface area contributed by atoms with Crippen molar-refractivity contribution in [3.05, 3.63) is 59.2 Å². The lowest BCUT2D eigenvalue weighted by atomic mass is 10.0. The molecular formula is C14H17N3. The predicted molar refractivity (Wildman–Crippen MR) is 68.9 cm³/mol. The van der Waals surface area contributed by atoms with Gasteiger partial charge in [0, 0.05) is 6.20 Å². The molecule has 2 rings (SSSR count). The highest BCUT2D eigenvalue weighted by atomic mass is 14.9. The maximum absolute atomic E-state index is 4.48. The van der Waals surface area contributed by atoms with Crippen LogP contribution in [0.25, 0.3) is 0 Å². The Labute approximate surface area is 102 Å². The highest BCUT2D eigenvalue weighted by Gasteiger charge is 2.13. The number of nitrogens with zero attached hydrogens (tertiary/aromatic N) is 2. The highest BCUT2D eigenvalue weighted by Crippen LogP contribution is 2.20. The van der Waals surface area contributed by atoms with E-state index in [1.807, 2.05) is 20.0 Å². The van der Waals surface area contributed by atoms with Crippen LogP contribution in [0.4, 0.5) is 0 Å². The molecular weight excluding hydrogens is 210 g/mol. The van der Waals surface area contributed by atoms with Crippen molar-refractivity contribution in [1.29, 1.82) is 0 Å². The van der Waals surface area contributed by atoms with Crippen LogP contribution >= 0.6 is 0 Å². The van der Waals surface area contributed by atoms with Crippen LogP contribution in [0.15, 0.2) is 36.5 Å². The summed E-state index contributed by atoms with van der Waals surface area (Å²) < 4.78 is 0. The van der Waals surface area contributed by atoms with Gasteiger partial charge in [0.15, 0.2) is 0 Å². The Hall–Kier alpha value is -1.74. The quantitative estimate of drug-likeness (QED) is 0.875. The number of hydrogen-bond acceptors (Lipinski definition) is 3. The maximum atomic E-state index is 4.48. The molecule has 88 valence electrons. The molecule has 0 aliphatic heterocycles. The van der Waals surface area contributed by atoms with Crippen molar-refractivity contribution in [3.63, 3.8) is 0 Å². The van der Waals surface area contributed by atoms with Gasteiger partial charge in [0.1, 0.15) is 5.82 Å². The van der Waals surface area contributed by atoms with Crippen LogP contribution in [0.2, 0.25) is 0 Å². The van der Waals surface area contributed by atoms with Crippen molar-refractivity contribution < 1.29 is 0 Å². The first-order chi connectivity index (χ1) is 8.20. The number of hydrogen-bond donors (Lipinski definition) is 1. The van der Waals surface area contributed by atoms with Gasteiger partial charge < -0.3 is 5.32 Å². The highest BCUT2D eigenvalue weighted by molar-refractivity contribution is 5.30. The number of nitrogens with one attached hydrogen (secondary N) is 1. The molecule has 1 atom stereocenters. The fourth-order valence-corrected chi connectivity index (χ4v) is 1.97. The Morgan fingerprint density at radius 2 is 2.00 bits per heavy atom. The van der Waals surface area contributed by atoms with Gasteiger partial charge >= 0.3 is 0 Å². The fourth-order valence-electron chi connectivity index (χ4n) is 1.97. The average Bonchev–Trinajstić information content (AvgIpc) is 2.30. The van der Waals surface area contributed by atoms with Gasteiger partial charge in [-0.2, -0.15) is 0 Å². The average molecular weight is 227 g/mol. The molecule has 0 bridgehead atoms. The summed E-state index contributed by atoms with van der Waals surface area (Å²) in [5.41, 5.74) is 3.49. The van der Waals surface area contributed by atoms with Crippen LogP contribution in [-0.2, 0) is 0 Å². The Morgan fingerprint density at radius 3 is 2.65 bits per heavy atom. The monoisotopic (exact) mass is 227 g/mol. The molecule has 3 nitrogen and oxygen atoms in total. The van der Waals surface area contributed by atoms with Crippen LogP contribution in [0.3, 0.4) is 0 Å². The van der Waals surface area contributed by atoms with Crippen LogP contribution in [-0.4, -0.2) is 17.0 Å². The summed E-state index contributed by atoms with van der Waals surface area (Å²) >= 11 is 0. The first-order valence-corrected chi connectivity index (χ1v) is 5.74. The second kappa shape index (κ2) is 5.06. The van der Waals surface area contributed by atoms with E-state index in [2.05, 4.69) is 46.5 Å². The molecule has 0 aliphatic rings. The number of aryl methyl sites for hydroxylation is 2. The molecule has 17 heavy (non-hydrogen) atoms. The van der Waals surface area contributed by atoms with Crippen LogP contribution < -0.4 is 5.32 Å². The Kier molecular flexibility index (Phi) is 3.49. The normalized spacial score (nSPS) is 12.4. The lowest BCUT2D eigenvalue weighted by Crippen LogP contribution is -2.19. The molecule has 1 N–H and O–H groups in total. The summed E-state index contributed by atoms with van der Waals surface area (Å²) in [6, 6.07) is 10.5. The van der Waals surface area contributed by atoms with E-state index in [-0.39, 0.29) is 6.04 Å². The fraction of sp³-hybridized carbons (Fsp3) is 0.286. The third-order valence-corrected chi connectivity index (χ3v) is 2.76. The third kappa shape index (κ3) is 2.68. The molecule has 0 fully saturated rings. The molecule has 0 spiro atoms. The molecule has 0 saturated carbocycles. The maximum Gasteiger partial charge on any atom is 0.125 e.